The van der Waals surface area contributed by atoms with Crippen LogP contribution in [0.25, 0.3) is 0 Å². The summed E-state index contributed by atoms with van der Waals surface area (Å²) in [6, 6.07) is 0.541. The highest BCUT2D eigenvalue weighted by atomic mass is 16.2. The zero-order valence-electron chi connectivity index (χ0n) is 8.59. The molecule has 2 aliphatic heterocycles. The lowest BCUT2D eigenvalue weighted by Gasteiger charge is -2.26. The molecule has 0 aromatic heterocycles. The van der Waals surface area contributed by atoms with Gasteiger partial charge in [-0.1, -0.05) is 0 Å². The van der Waals surface area contributed by atoms with Gasteiger partial charge < -0.3 is 15.5 Å². The molecule has 0 spiro atoms. The topological polar surface area (TPSA) is 44.4 Å². The summed E-state index contributed by atoms with van der Waals surface area (Å²) in [5.41, 5.74) is 0. The Hall–Kier alpha value is -0.770. The highest BCUT2D eigenvalue weighted by Crippen LogP contribution is 2.09. The summed E-state index contributed by atoms with van der Waals surface area (Å²) >= 11 is 0. The summed E-state index contributed by atoms with van der Waals surface area (Å²) in [6.07, 6.45) is 4.47. The third kappa shape index (κ3) is 2.38. The van der Waals surface area contributed by atoms with Gasteiger partial charge in [0, 0.05) is 19.1 Å². The first-order valence-electron chi connectivity index (χ1n) is 5.62. The molecule has 0 bridgehead atoms. The maximum atomic E-state index is 11.7. The molecule has 2 rings (SSSR count). The molecule has 0 aromatic carbocycles. The van der Waals surface area contributed by atoms with Gasteiger partial charge in [-0.25, -0.2) is 4.79 Å². The van der Waals surface area contributed by atoms with Gasteiger partial charge in [0.15, 0.2) is 0 Å². The van der Waals surface area contributed by atoms with Crippen LogP contribution in [0.4, 0.5) is 4.79 Å². The van der Waals surface area contributed by atoms with Gasteiger partial charge >= 0.3 is 6.03 Å². The van der Waals surface area contributed by atoms with Crippen LogP contribution in [0.5, 0.6) is 0 Å². The molecule has 14 heavy (non-hydrogen) atoms. The number of likely N-dealkylation sites (tertiary alicyclic amines) is 1. The summed E-state index contributed by atoms with van der Waals surface area (Å²) < 4.78 is 0. The van der Waals surface area contributed by atoms with E-state index in [4.69, 9.17) is 0 Å². The third-order valence-electron chi connectivity index (χ3n) is 3.06. The van der Waals surface area contributed by atoms with Crippen LogP contribution in [0.1, 0.15) is 25.7 Å². The lowest BCUT2D eigenvalue weighted by molar-refractivity contribution is 0.201. The molecular weight excluding hydrogens is 178 g/mol. The second-order valence-electron chi connectivity index (χ2n) is 4.17. The number of urea groups is 1. The number of piperidine rings is 1. The fourth-order valence-electron chi connectivity index (χ4n) is 2.15. The molecule has 4 nitrogen and oxygen atoms in total. The Balaban J connectivity index is 1.75. The molecule has 0 atom stereocenters. The summed E-state index contributed by atoms with van der Waals surface area (Å²) in [6.45, 7) is 3.95. The maximum Gasteiger partial charge on any atom is 0.317 e. The molecule has 2 N–H and O–H groups in total. The molecule has 0 unspecified atom stereocenters. The van der Waals surface area contributed by atoms with Gasteiger partial charge in [0.1, 0.15) is 0 Å². The predicted molar refractivity (Wildman–Crippen MR) is 55.2 cm³/mol. The van der Waals surface area contributed by atoms with E-state index in [9.17, 15) is 4.79 Å². The van der Waals surface area contributed by atoms with Gasteiger partial charge in [-0.05, 0) is 38.8 Å². The summed E-state index contributed by atoms with van der Waals surface area (Å²) in [5.74, 6) is 0. The van der Waals surface area contributed by atoms with Crippen LogP contribution in [-0.4, -0.2) is 43.2 Å². The van der Waals surface area contributed by atoms with Crippen LogP contribution in [0, 0.1) is 0 Å². The van der Waals surface area contributed by atoms with E-state index in [1.165, 1.54) is 12.8 Å². The van der Waals surface area contributed by atoms with Crippen molar-refractivity contribution in [1.82, 2.24) is 15.5 Å². The number of hydrogen-bond acceptors (Lipinski definition) is 2. The van der Waals surface area contributed by atoms with E-state index in [1.54, 1.807) is 0 Å². The van der Waals surface area contributed by atoms with Crippen LogP contribution in [0.3, 0.4) is 0 Å². The summed E-state index contributed by atoms with van der Waals surface area (Å²) in [7, 11) is 0. The molecule has 0 aliphatic carbocycles. The van der Waals surface area contributed by atoms with Crippen molar-refractivity contribution in [2.75, 3.05) is 26.2 Å². The van der Waals surface area contributed by atoms with Crippen LogP contribution in [-0.2, 0) is 0 Å². The molecule has 2 heterocycles. The van der Waals surface area contributed by atoms with Crippen LogP contribution >= 0.6 is 0 Å². The first-order chi connectivity index (χ1) is 6.86. The Kier molecular flexibility index (Phi) is 3.24. The van der Waals surface area contributed by atoms with E-state index in [1.807, 2.05) is 4.90 Å². The molecule has 0 saturated carbocycles. The number of hydrogen-bond donors (Lipinski definition) is 2. The van der Waals surface area contributed by atoms with Gasteiger partial charge in [-0.2, -0.15) is 0 Å². The quantitative estimate of drug-likeness (QED) is 0.644. The van der Waals surface area contributed by atoms with Crippen molar-refractivity contribution in [2.45, 2.75) is 31.7 Å². The molecule has 2 amide bonds. The largest absolute Gasteiger partial charge is 0.335 e. The van der Waals surface area contributed by atoms with Crippen molar-refractivity contribution >= 4 is 6.03 Å². The van der Waals surface area contributed by atoms with Crippen LogP contribution in [0.15, 0.2) is 0 Å². The minimum Gasteiger partial charge on any atom is -0.335 e. The number of rotatable bonds is 1. The lowest BCUT2D eigenvalue weighted by atomic mass is 10.1. The SMILES string of the molecule is O=C(NC1CCNCC1)N1CCCC1. The van der Waals surface area contributed by atoms with E-state index >= 15 is 0 Å². The second-order valence-corrected chi connectivity index (χ2v) is 4.17. The van der Waals surface area contributed by atoms with E-state index in [0.29, 0.717) is 6.04 Å². The van der Waals surface area contributed by atoms with Crippen molar-refractivity contribution in [3.8, 4) is 0 Å². The van der Waals surface area contributed by atoms with E-state index in [-0.39, 0.29) is 6.03 Å². The van der Waals surface area contributed by atoms with Crippen molar-refractivity contribution in [3.63, 3.8) is 0 Å². The highest BCUT2D eigenvalue weighted by Gasteiger charge is 2.21. The van der Waals surface area contributed by atoms with Crippen molar-refractivity contribution < 1.29 is 4.79 Å². The Bertz CT molecular complexity index is 196. The second kappa shape index (κ2) is 4.64. The fourth-order valence-corrected chi connectivity index (χ4v) is 2.15. The zero-order valence-corrected chi connectivity index (χ0v) is 8.59. The van der Waals surface area contributed by atoms with Gasteiger partial charge in [0.25, 0.3) is 0 Å². The normalized spacial score (nSPS) is 23.9. The van der Waals surface area contributed by atoms with E-state index in [0.717, 1.165) is 39.0 Å². The maximum absolute atomic E-state index is 11.7. The first kappa shape index (κ1) is 9.77. The number of carbonyl (C=O) groups excluding carboxylic acids is 1. The molecule has 80 valence electrons. The standard InChI is InChI=1S/C10H19N3O/c14-10(13-7-1-2-8-13)12-9-3-5-11-6-4-9/h9,11H,1-8H2,(H,12,14). The highest BCUT2D eigenvalue weighted by molar-refractivity contribution is 5.74. The molecule has 0 aromatic rings. The summed E-state index contributed by atoms with van der Waals surface area (Å²) in [5, 5.41) is 6.40. The van der Waals surface area contributed by atoms with Crippen molar-refractivity contribution in [1.29, 1.82) is 0 Å². The van der Waals surface area contributed by atoms with E-state index in [2.05, 4.69) is 10.6 Å². The van der Waals surface area contributed by atoms with Gasteiger partial charge in [-0.3, -0.25) is 0 Å². The number of nitrogens with zero attached hydrogens (tertiary/aromatic N) is 1. The number of amides is 2. The summed E-state index contributed by atoms with van der Waals surface area (Å²) in [4.78, 5) is 13.6. The van der Waals surface area contributed by atoms with E-state index < -0.39 is 0 Å². The third-order valence-corrected chi connectivity index (χ3v) is 3.06. The first-order valence-corrected chi connectivity index (χ1v) is 5.62. The Morgan fingerprint density at radius 2 is 1.86 bits per heavy atom. The Morgan fingerprint density at radius 3 is 2.50 bits per heavy atom. The smallest absolute Gasteiger partial charge is 0.317 e. The van der Waals surface area contributed by atoms with Crippen molar-refractivity contribution in [3.05, 3.63) is 0 Å². The fraction of sp³-hybridized carbons (Fsp3) is 0.900. The van der Waals surface area contributed by atoms with Gasteiger partial charge in [0.2, 0.25) is 0 Å². The molecular formula is C10H19N3O. The van der Waals surface area contributed by atoms with Crippen LogP contribution < -0.4 is 10.6 Å². The average Bonchev–Trinajstić information content (AvgIpc) is 2.72. The molecule has 2 aliphatic rings. The predicted octanol–water partition coefficient (Wildman–Crippen LogP) is 0.544. The molecule has 2 fully saturated rings. The van der Waals surface area contributed by atoms with Gasteiger partial charge in [-0.15, -0.1) is 0 Å². The molecule has 2 saturated heterocycles. The van der Waals surface area contributed by atoms with Crippen LogP contribution in [0.2, 0.25) is 0 Å². The molecule has 4 heteroatoms. The van der Waals surface area contributed by atoms with Gasteiger partial charge in [0.05, 0.1) is 0 Å². The number of nitrogens with one attached hydrogen (secondary N) is 2. The minimum atomic E-state index is 0.148. The molecule has 0 radical (unpaired) electrons. The average molecular weight is 197 g/mol. The number of carbonyl (C=O) groups is 1. The van der Waals surface area contributed by atoms with Crippen molar-refractivity contribution in [2.24, 2.45) is 0 Å². The lowest BCUT2D eigenvalue weighted by Crippen LogP contribution is -2.47. The minimum absolute atomic E-state index is 0.148. The Labute approximate surface area is 85.0 Å². The monoisotopic (exact) mass is 197 g/mol. The Morgan fingerprint density at radius 1 is 1.21 bits per heavy atom. The zero-order chi connectivity index (χ0) is 9.80.